The Labute approximate surface area is 266 Å². The summed E-state index contributed by atoms with van der Waals surface area (Å²) in [5.41, 5.74) is 0. The van der Waals surface area contributed by atoms with Crippen LogP contribution in [-0.4, -0.2) is 192 Å². The van der Waals surface area contributed by atoms with E-state index in [-0.39, 0.29) is 65.0 Å². The van der Waals surface area contributed by atoms with Gasteiger partial charge in [0.2, 0.25) is 5.91 Å². The van der Waals surface area contributed by atoms with Crippen molar-refractivity contribution >= 4 is 24.1 Å². The molecule has 0 aromatic rings. The van der Waals surface area contributed by atoms with Crippen LogP contribution in [0.4, 0.5) is 0 Å². The van der Waals surface area contributed by atoms with Gasteiger partial charge in [-0.2, -0.15) is 0 Å². The molecule has 0 aromatic carbocycles. The number of aldehydes is 1. The molecule has 45 heavy (non-hydrogen) atoms. The summed E-state index contributed by atoms with van der Waals surface area (Å²) in [6.45, 7) is 7.73. The van der Waals surface area contributed by atoms with E-state index in [1.54, 1.807) is 21.7 Å². The van der Waals surface area contributed by atoms with Gasteiger partial charge in [-0.25, -0.2) is 0 Å². The molecule has 1 unspecified atom stereocenters. The second kappa shape index (κ2) is 29.1. The molecule has 0 spiro atoms. The zero-order valence-corrected chi connectivity index (χ0v) is 27.1. The van der Waals surface area contributed by atoms with Crippen molar-refractivity contribution in [1.82, 2.24) is 24.9 Å². The van der Waals surface area contributed by atoms with E-state index in [9.17, 15) is 29.4 Å². The Bertz CT molecular complexity index is 782. The first-order valence-electron chi connectivity index (χ1n) is 15.1. The van der Waals surface area contributed by atoms with Gasteiger partial charge < -0.3 is 49.1 Å². The van der Waals surface area contributed by atoms with Gasteiger partial charge in [0.1, 0.15) is 12.3 Å². The first kappa shape index (κ1) is 42.7. The molecule has 0 radical (unpaired) electrons. The summed E-state index contributed by atoms with van der Waals surface area (Å²) in [7, 11) is 2.78. The van der Waals surface area contributed by atoms with E-state index in [0.29, 0.717) is 59.5 Å². The third-order valence-electron chi connectivity index (χ3n) is 6.11. The van der Waals surface area contributed by atoms with Crippen LogP contribution >= 0.6 is 0 Å². The first-order chi connectivity index (χ1) is 21.8. The average Bonchev–Trinajstić information content (AvgIpc) is 2.98. The summed E-state index contributed by atoms with van der Waals surface area (Å²) in [6.07, 6.45) is 1.76. The van der Waals surface area contributed by atoms with Gasteiger partial charge in [-0.15, -0.1) is 0 Å². The Balaban J connectivity index is 0.00000947. The van der Waals surface area contributed by atoms with Crippen LogP contribution in [0.5, 0.6) is 0 Å². The Morgan fingerprint density at radius 3 is 1.80 bits per heavy atom. The number of carboxylic acid groups (broad SMARTS) is 2. The van der Waals surface area contributed by atoms with Crippen LogP contribution in [0, 0.1) is 0 Å². The lowest BCUT2D eigenvalue weighted by molar-refractivity contribution is -0.148. The first-order valence-corrected chi connectivity index (χ1v) is 15.1. The van der Waals surface area contributed by atoms with Crippen molar-refractivity contribution in [2.24, 2.45) is 0 Å². The lowest BCUT2D eigenvalue weighted by Gasteiger charge is -2.42. The van der Waals surface area contributed by atoms with Crippen molar-refractivity contribution in [3.8, 4) is 0 Å². The lowest BCUT2D eigenvalue weighted by Crippen LogP contribution is -2.58. The van der Waals surface area contributed by atoms with Gasteiger partial charge in [0.05, 0.1) is 99.2 Å². The SMILES string of the molecule is CCCOCCOCCOCCOCCOCCNC(=O)CCC(C(=O)O)N1CN(C)CN(CC=O)CN(CC(=O)O)C1.CO. The van der Waals surface area contributed by atoms with Crippen molar-refractivity contribution in [3.05, 3.63) is 0 Å². The summed E-state index contributed by atoms with van der Waals surface area (Å²) >= 11 is 0. The Morgan fingerprint density at radius 1 is 0.778 bits per heavy atom. The fourth-order valence-electron chi connectivity index (χ4n) is 4.29. The standard InChI is InChI=1S/C27H51N5O11.CH4O/c1-3-9-39-11-13-41-15-17-43-18-16-42-14-12-40-10-6-28-25(34)5-4-24(27(37)38)32-21-29(2)20-30(7-8-33)22-31(23-32)19-26(35)36;1-2/h8,24H,3-7,9-23H2,1-2H3,(H,28,34)(H,35,36)(H,37,38);2H,1H3. The molecule has 1 atom stereocenters. The molecule has 0 aliphatic carbocycles. The molecular formula is C28H55N5O12. The zero-order chi connectivity index (χ0) is 33.7. The number of aliphatic carboxylic acids is 2. The van der Waals surface area contributed by atoms with Crippen LogP contribution in [0.2, 0.25) is 0 Å². The Kier molecular flexibility index (Phi) is 27.6. The predicted molar refractivity (Wildman–Crippen MR) is 162 cm³/mol. The minimum absolute atomic E-state index is 0.0197. The summed E-state index contributed by atoms with van der Waals surface area (Å²) < 4.78 is 27.0. The predicted octanol–water partition coefficient (Wildman–Crippen LogP) is -1.60. The van der Waals surface area contributed by atoms with Crippen molar-refractivity contribution in [1.29, 1.82) is 0 Å². The van der Waals surface area contributed by atoms with Crippen LogP contribution < -0.4 is 5.32 Å². The number of amides is 1. The molecule has 0 aromatic heterocycles. The van der Waals surface area contributed by atoms with E-state index in [1.807, 2.05) is 4.90 Å². The number of nitrogens with one attached hydrogen (secondary N) is 1. The van der Waals surface area contributed by atoms with Crippen molar-refractivity contribution < 1.29 is 58.2 Å². The van der Waals surface area contributed by atoms with Gasteiger partial charge in [-0.1, -0.05) is 6.92 Å². The van der Waals surface area contributed by atoms with Gasteiger partial charge >= 0.3 is 11.9 Å². The van der Waals surface area contributed by atoms with E-state index in [2.05, 4.69) is 12.2 Å². The molecule has 1 amide bonds. The second-order valence-electron chi connectivity index (χ2n) is 10.1. The molecule has 4 N–H and O–H groups in total. The van der Waals surface area contributed by atoms with E-state index < -0.39 is 18.0 Å². The molecule has 1 rings (SSSR count). The van der Waals surface area contributed by atoms with Crippen molar-refractivity contribution in [2.45, 2.75) is 32.2 Å². The molecule has 17 nitrogen and oxygen atoms in total. The van der Waals surface area contributed by atoms with Crippen LogP contribution in [-0.2, 0) is 42.9 Å². The maximum Gasteiger partial charge on any atom is 0.321 e. The second-order valence-corrected chi connectivity index (χ2v) is 10.1. The molecule has 17 heteroatoms. The number of hydrogen-bond donors (Lipinski definition) is 4. The number of rotatable bonds is 26. The minimum atomic E-state index is -1.10. The van der Waals surface area contributed by atoms with Crippen LogP contribution in [0.25, 0.3) is 0 Å². The number of nitrogens with zero attached hydrogens (tertiary/aromatic N) is 4. The lowest BCUT2D eigenvalue weighted by atomic mass is 10.1. The fourth-order valence-corrected chi connectivity index (χ4v) is 4.29. The summed E-state index contributed by atoms with van der Waals surface area (Å²) in [5, 5.41) is 28.9. The highest BCUT2D eigenvalue weighted by Gasteiger charge is 2.31. The molecule has 0 saturated carbocycles. The molecule has 1 heterocycles. The van der Waals surface area contributed by atoms with Crippen LogP contribution in [0.3, 0.4) is 0 Å². The quantitative estimate of drug-likeness (QED) is 0.0614. The van der Waals surface area contributed by atoms with Gasteiger partial charge in [-0.3, -0.25) is 34.0 Å². The normalized spacial score (nSPS) is 15.8. The third-order valence-corrected chi connectivity index (χ3v) is 6.11. The topological polar surface area (TPSA) is 200 Å². The molecule has 264 valence electrons. The smallest absolute Gasteiger partial charge is 0.321 e. The van der Waals surface area contributed by atoms with E-state index >= 15 is 0 Å². The minimum Gasteiger partial charge on any atom is -0.480 e. The van der Waals surface area contributed by atoms with Gasteiger partial charge in [0, 0.05) is 26.7 Å². The number of carboxylic acids is 2. The number of carbonyl (C=O) groups is 4. The number of aliphatic hydroxyl groups excluding tert-OH is 1. The number of hydrogen-bond acceptors (Lipinski definition) is 14. The number of carbonyl (C=O) groups excluding carboxylic acids is 2. The number of ether oxygens (including phenoxy) is 5. The van der Waals surface area contributed by atoms with Gasteiger partial charge in [0.25, 0.3) is 0 Å². The molecule has 1 aliphatic rings. The molecular weight excluding hydrogens is 598 g/mol. The summed E-state index contributed by atoms with van der Waals surface area (Å²) in [4.78, 5) is 53.6. The Morgan fingerprint density at radius 2 is 1.31 bits per heavy atom. The summed E-state index contributed by atoms with van der Waals surface area (Å²) in [6, 6.07) is -1.00. The highest BCUT2D eigenvalue weighted by atomic mass is 16.6. The average molecular weight is 654 g/mol. The van der Waals surface area contributed by atoms with Crippen LogP contribution in [0.15, 0.2) is 0 Å². The molecule has 1 aliphatic heterocycles. The van der Waals surface area contributed by atoms with Crippen molar-refractivity contribution in [2.75, 3.05) is 127 Å². The molecule has 1 saturated heterocycles. The number of aliphatic hydroxyl groups is 1. The van der Waals surface area contributed by atoms with Crippen molar-refractivity contribution in [3.63, 3.8) is 0 Å². The molecule has 1 fully saturated rings. The Hall–Kier alpha value is -2.32. The van der Waals surface area contributed by atoms with E-state index in [1.165, 1.54) is 0 Å². The van der Waals surface area contributed by atoms with Crippen LogP contribution in [0.1, 0.15) is 26.2 Å². The zero-order valence-electron chi connectivity index (χ0n) is 27.1. The maximum atomic E-state index is 12.4. The van der Waals surface area contributed by atoms with Gasteiger partial charge in [-0.05, 0) is 19.9 Å². The monoisotopic (exact) mass is 653 g/mol. The largest absolute Gasteiger partial charge is 0.480 e. The third kappa shape index (κ3) is 23.6. The maximum absolute atomic E-state index is 12.4. The van der Waals surface area contributed by atoms with E-state index in [0.717, 1.165) is 26.4 Å². The van der Waals surface area contributed by atoms with Gasteiger partial charge in [0.15, 0.2) is 0 Å². The highest BCUT2D eigenvalue weighted by molar-refractivity contribution is 5.78. The fraction of sp³-hybridized carbons (Fsp3) is 0.857. The highest BCUT2D eigenvalue weighted by Crippen LogP contribution is 2.13. The van der Waals surface area contributed by atoms with E-state index in [4.69, 9.17) is 28.8 Å². The summed E-state index contributed by atoms with van der Waals surface area (Å²) in [5.74, 6) is -2.47. The molecule has 0 bridgehead atoms.